The molecular weight excluding hydrogens is 200 g/mol. The first-order valence-corrected chi connectivity index (χ1v) is 6.39. The number of hydrogen-bond donors (Lipinski definition) is 1. The molecule has 1 N–H and O–H groups in total. The summed E-state index contributed by atoms with van der Waals surface area (Å²) in [5.74, 6) is 0.813. The number of carboxylic acids is 1. The van der Waals surface area contributed by atoms with Gasteiger partial charge in [0.15, 0.2) is 0 Å². The van der Waals surface area contributed by atoms with Gasteiger partial charge in [-0.1, -0.05) is 52.2 Å². The van der Waals surface area contributed by atoms with Crippen molar-refractivity contribution >= 4 is 5.97 Å². The summed E-state index contributed by atoms with van der Waals surface area (Å²) in [7, 11) is 0. The molecule has 0 aliphatic carbocycles. The number of aliphatic carboxylic acids is 1. The Balaban J connectivity index is 3.42. The molecule has 1 atom stereocenters. The minimum atomic E-state index is -0.713. The molecule has 0 aromatic heterocycles. The number of rotatable bonds is 9. The predicted molar refractivity (Wildman–Crippen MR) is 68.5 cm³/mol. The molecule has 0 radical (unpaired) electrons. The van der Waals surface area contributed by atoms with Crippen molar-refractivity contribution in [2.24, 2.45) is 11.8 Å². The van der Waals surface area contributed by atoms with Gasteiger partial charge in [-0.3, -0.25) is 4.79 Å². The first-order chi connectivity index (χ1) is 7.52. The van der Waals surface area contributed by atoms with Gasteiger partial charge in [0.2, 0.25) is 0 Å². The van der Waals surface area contributed by atoms with E-state index in [0.29, 0.717) is 6.42 Å². The van der Waals surface area contributed by atoms with Gasteiger partial charge in [-0.05, 0) is 24.7 Å². The van der Waals surface area contributed by atoms with Crippen LogP contribution in [0.2, 0.25) is 0 Å². The minimum Gasteiger partial charge on any atom is -0.481 e. The van der Waals surface area contributed by atoms with Gasteiger partial charge >= 0.3 is 5.97 Å². The van der Waals surface area contributed by atoms with Crippen LogP contribution in [0.15, 0.2) is 12.2 Å². The van der Waals surface area contributed by atoms with Crippen LogP contribution in [-0.4, -0.2) is 11.1 Å². The Morgan fingerprint density at radius 1 is 1.19 bits per heavy atom. The van der Waals surface area contributed by atoms with Gasteiger partial charge in [0.05, 0.1) is 0 Å². The fourth-order valence-corrected chi connectivity index (χ4v) is 1.65. The molecule has 2 heteroatoms. The van der Waals surface area contributed by atoms with Crippen molar-refractivity contribution in [1.29, 1.82) is 0 Å². The van der Waals surface area contributed by atoms with Crippen LogP contribution in [0.25, 0.3) is 0 Å². The van der Waals surface area contributed by atoms with Gasteiger partial charge < -0.3 is 5.11 Å². The van der Waals surface area contributed by atoms with Gasteiger partial charge in [-0.2, -0.15) is 0 Å². The standard InChI is InChI=1S/C14H26O2/c1-12(2)8-7-10-13(3)9-5-4-6-11-14(15)16/h4-5,12-13H,6-11H2,1-3H3,(H,15,16). The summed E-state index contributed by atoms with van der Waals surface area (Å²) in [4.78, 5) is 10.3. The molecule has 0 heterocycles. The zero-order valence-corrected chi connectivity index (χ0v) is 10.9. The zero-order chi connectivity index (χ0) is 12.4. The van der Waals surface area contributed by atoms with Gasteiger partial charge in [0.25, 0.3) is 0 Å². The molecule has 0 saturated heterocycles. The van der Waals surface area contributed by atoms with Gasteiger partial charge in [0, 0.05) is 6.42 Å². The van der Waals surface area contributed by atoms with E-state index >= 15 is 0 Å². The summed E-state index contributed by atoms with van der Waals surface area (Å²) < 4.78 is 0. The smallest absolute Gasteiger partial charge is 0.303 e. The van der Waals surface area contributed by atoms with E-state index in [2.05, 4.69) is 26.8 Å². The number of hydrogen-bond acceptors (Lipinski definition) is 1. The fourth-order valence-electron chi connectivity index (χ4n) is 1.65. The van der Waals surface area contributed by atoms with E-state index in [1.165, 1.54) is 19.3 Å². The number of carboxylic acid groups (broad SMARTS) is 1. The van der Waals surface area contributed by atoms with Crippen molar-refractivity contribution < 1.29 is 9.90 Å². The number of allylic oxidation sites excluding steroid dienone is 2. The molecule has 0 saturated carbocycles. The van der Waals surface area contributed by atoms with E-state index in [9.17, 15) is 4.79 Å². The van der Waals surface area contributed by atoms with Crippen molar-refractivity contribution in [2.45, 2.75) is 59.3 Å². The quantitative estimate of drug-likeness (QED) is 0.596. The summed E-state index contributed by atoms with van der Waals surface area (Å²) in [5.41, 5.74) is 0. The maximum Gasteiger partial charge on any atom is 0.303 e. The molecule has 0 amide bonds. The second-order valence-corrected chi connectivity index (χ2v) is 5.07. The Hall–Kier alpha value is -0.790. The van der Waals surface area contributed by atoms with Crippen molar-refractivity contribution in [3.63, 3.8) is 0 Å². The minimum absolute atomic E-state index is 0.248. The Kier molecular flexibility index (Phi) is 8.97. The third-order valence-corrected chi connectivity index (χ3v) is 2.71. The molecule has 94 valence electrons. The molecule has 1 unspecified atom stereocenters. The lowest BCUT2D eigenvalue weighted by atomic mass is 9.97. The van der Waals surface area contributed by atoms with E-state index in [-0.39, 0.29) is 6.42 Å². The van der Waals surface area contributed by atoms with Crippen molar-refractivity contribution in [3.05, 3.63) is 12.2 Å². The molecule has 16 heavy (non-hydrogen) atoms. The van der Waals surface area contributed by atoms with Gasteiger partial charge in [0.1, 0.15) is 0 Å². The van der Waals surface area contributed by atoms with Crippen molar-refractivity contribution in [3.8, 4) is 0 Å². The second kappa shape index (κ2) is 9.44. The van der Waals surface area contributed by atoms with Crippen LogP contribution in [0.3, 0.4) is 0 Å². The van der Waals surface area contributed by atoms with E-state index in [1.54, 1.807) is 0 Å². The summed E-state index contributed by atoms with van der Waals surface area (Å²) in [6.45, 7) is 6.79. The predicted octanol–water partition coefficient (Wildman–Crippen LogP) is 4.26. The maximum absolute atomic E-state index is 10.3. The third-order valence-electron chi connectivity index (χ3n) is 2.71. The largest absolute Gasteiger partial charge is 0.481 e. The SMILES string of the molecule is CC(C)CCCC(C)CC=CCCC(=O)O. The first-order valence-electron chi connectivity index (χ1n) is 6.39. The average molecular weight is 226 g/mol. The van der Waals surface area contributed by atoms with E-state index in [4.69, 9.17) is 5.11 Å². The highest BCUT2D eigenvalue weighted by Gasteiger charge is 2.01. The lowest BCUT2D eigenvalue weighted by Crippen LogP contribution is -1.95. The monoisotopic (exact) mass is 226 g/mol. The second-order valence-electron chi connectivity index (χ2n) is 5.07. The van der Waals surface area contributed by atoms with Crippen LogP contribution < -0.4 is 0 Å². The molecule has 0 aliphatic heterocycles. The molecule has 0 bridgehead atoms. The molecule has 2 nitrogen and oxygen atoms in total. The van der Waals surface area contributed by atoms with Crippen LogP contribution in [-0.2, 0) is 4.79 Å². The molecule has 0 aromatic carbocycles. The summed E-state index contributed by atoms with van der Waals surface area (Å²) in [6, 6.07) is 0. The maximum atomic E-state index is 10.3. The fraction of sp³-hybridized carbons (Fsp3) is 0.786. The molecule has 0 spiro atoms. The summed E-state index contributed by atoms with van der Waals surface area (Å²) >= 11 is 0. The highest BCUT2D eigenvalue weighted by molar-refractivity contribution is 5.66. The Bertz CT molecular complexity index is 207. The molecular formula is C14H26O2. The lowest BCUT2D eigenvalue weighted by molar-refractivity contribution is -0.136. The van der Waals surface area contributed by atoms with E-state index in [1.807, 2.05) is 6.08 Å². The van der Waals surface area contributed by atoms with Crippen LogP contribution in [0.5, 0.6) is 0 Å². The average Bonchev–Trinajstić information content (AvgIpc) is 2.16. The summed E-state index contributed by atoms with van der Waals surface area (Å²) in [6.07, 6.45) is 10.0. The lowest BCUT2D eigenvalue weighted by Gasteiger charge is -2.09. The van der Waals surface area contributed by atoms with Crippen molar-refractivity contribution in [2.75, 3.05) is 0 Å². The highest BCUT2D eigenvalue weighted by Crippen LogP contribution is 2.15. The van der Waals surface area contributed by atoms with Crippen LogP contribution in [0.4, 0.5) is 0 Å². The van der Waals surface area contributed by atoms with E-state index in [0.717, 1.165) is 18.3 Å². The van der Waals surface area contributed by atoms with Crippen LogP contribution in [0.1, 0.15) is 59.3 Å². The van der Waals surface area contributed by atoms with Crippen molar-refractivity contribution in [1.82, 2.24) is 0 Å². The molecule has 0 rings (SSSR count). The van der Waals surface area contributed by atoms with Gasteiger partial charge in [-0.25, -0.2) is 0 Å². The van der Waals surface area contributed by atoms with Crippen LogP contribution in [0, 0.1) is 11.8 Å². The zero-order valence-electron chi connectivity index (χ0n) is 10.9. The third kappa shape index (κ3) is 11.3. The normalized spacial score (nSPS) is 13.5. The van der Waals surface area contributed by atoms with Crippen LogP contribution >= 0.6 is 0 Å². The topological polar surface area (TPSA) is 37.3 Å². The molecule has 0 aromatic rings. The Labute approximate surface area is 99.7 Å². The summed E-state index contributed by atoms with van der Waals surface area (Å²) in [5, 5.41) is 8.46. The Morgan fingerprint density at radius 3 is 2.44 bits per heavy atom. The molecule has 0 aliphatic rings. The number of carbonyl (C=O) groups is 1. The first kappa shape index (κ1) is 15.2. The van der Waals surface area contributed by atoms with E-state index < -0.39 is 5.97 Å². The molecule has 0 fully saturated rings. The highest BCUT2D eigenvalue weighted by atomic mass is 16.4. The Morgan fingerprint density at radius 2 is 1.88 bits per heavy atom. The van der Waals surface area contributed by atoms with Gasteiger partial charge in [-0.15, -0.1) is 0 Å².